The highest BCUT2D eigenvalue weighted by atomic mass is 16.7. The minimum Gasteiger partial charge on any atom is -0.489 e. The fraction of sp³-hybridized carbons (Fsp3) is 0.409. The highest BCUT2D eigenvalue weighted by Gasteiger charge is 2.31. The largest absolute Gasteiger partial charge is 0.489 e. The number of ether oxygens (including phenoxy) is 3. The molecule has 0 N–H and O–H groups in total. The number of nitrogens with zero attached hydrogens (tertiary/aromatic N) is 1. The molecule has 0 bridgehead atoms. The summed E-state index contributed by atoms with van der Waals surface area (Å²) in [7, 11) is 0. The van der Waals surface area contributed by atoms with Gasteiger partial charge < -0.3 is 19.1 Å². The number of hydrogen-bond acceptors (Lipinski definition) is 4. The molecule has 0 atom stereocenters. The van der Waals surface area contributed by atoms with Crippen LogP contribution in [0.2, 0.25) is 0 Å². The first kappa shape index (κ1) is 18.0. The molecule has 2 saturated heterocycles. The van der Waals surface area contributed by atoms with Crippen molar-refractivity contribution < 1.29 is 19.0 Å². The number of likely N-dealkylation sites (tertiary alicyclic amines) is 1. The maximum absolute atomic E-state index is 12.8. The Bertz CT molecular complexity index is 733. The Labute approximate surface area is 159 Å². The number of hydrogen-bond donors (Lipinski definition) is 0. The molecule has 1 amide bonds. The number of carbonyl (C=O) groups excluding carboxylic acids is 1. The average molecular weight is 367 g/mol. The van der Waals surface area contributed by atoms with Gasteiger partial charge in [-0.05, 0) is 42.7 Å². The van der Waals surface area contributed by atoms with Crippen molar-refractivity contribution in [3.63, 3.8) is 0 Å². The van der Waals surface area contributed by atoms with Crippen LogP contribution in [0.4, 0.5) is 0 Å². The maximum atomic E-state index is 12.8. The van der Waals surface area contributed by atoms with Gasteiger partial charge in [0.2, 0.25) is 0 Å². The van der Waals surface area contributed by atoms with Gasteiger partial charge in [-0.2, -0.15) is 0 Å². The molecule has 5 nitrogen and oxygen atoms in total. The molecule has 142 valence electrons. The van der Waals surface area contributed by atoms with Gasteiger partial charge in [0.1, 0.15) is 12.4 Å². The molecule has 27 heavy (non-hydrogen) atoms. The number of piperidine rings is 1. The Hall–Kier alpha value is -2.37. The monoisotopic (exact) mass is 367 g/mol. The molecule has 4 rings (SSSR count). The van der Waals surface area contributed by atoms with E-state index in [1.54, 1.807) is 0 Å². The van der Waals surface area contributed by atoms with Crippen molar-refractivity contribution in [3.8, 4) is 5.75 Å². The van der Waals surface area contributed by atoms with Crippen LogP contribution in [0.5, 0.6) is 5.75 Å². The Balaban J connectivity index is 1.29. The average Bonchev–Trinajstić information content (AvgIpc) is 3.28. The lowest BCUT2D eigenvalue weighted by Crippen LogP contribution is -2.41. The first-order valence-electron chi connectivity index (χ1n) is 9.59. The summed E-state index contributed by atoms with van der Waals surface area (Å²) in [6.07, 6.45) is 1.78. The molecule has 2 fully saturated rings. The van der Waals surface area contributed by atoms with Crippen LogP contribution >= 0.6 is 0 Å². The molecule has 2 aliphatic rings. The zero-order chi connectivity index (χ0) is 18.5. The van der Waals surface area contributed by atoms with Crippen molar-refractivity contribution in [1.29, 1.82) is 0 Å². The van der Waals surface area contributed by atoms with Gasteiger partial charge in [-0.3, -0.25) is 4.79 Å². The zero-order valence-corrected chi connectivity index (χ0v) is 15.4. The SMILES string of the molecule is O=C(c1ccc(COc2ccccc2)cc1)N1CCC(C2OCCO2)CC1. The summed E-state index contributed by atoms with van der Waals surface area (Å²) < 4.78 is 17.0. The minimum atomic E-state index is -0.0776. The second-order valence-electron chi connectivity index (χ2n) is 7.04. The third kappa shape index (κ3) is 4.49. The predicted molar refractivity (Wildman–Crippen MR) is 102 cm³/mol. The number of para-hydroxylation sites is 1. The van der Waals surface area contributed by atoms with Crippen molar-refractivity contribution in [1.82, 2.24) is 4.90 Å². The molecule has 0 unspecified atom stereocenters. The number of rotatable bonds is 5. The second kappa shape index (κ2) is 8.55. The molecular weight excluding hydrogens is 342 g/mol. The lowest BCUT2D eigenvalue weighted by atomic mass is 9.95. The van der Waals surface area contributed by atoms with Crippen LogP contribution in [0.15, 0.2) is 54.6 Å². The summed E-state index contributed by atoms with van der Waals surface area (Å²) in [4.78, 5) is 14.7. The Morgan fingerprint density at radius 1 is 0.963 bits per heavy atom. The molecule has 2 aromatic rings. The van der Waals surface area contributed by atoms with E-state index in [1.807, 2.05) is 59.5 Å². The summed E-state index contributed by atoms with van der Waals surface area (Å²) in [5.41, 5.74) is 1.77. The highest BCUT2D eigenvalue weighted by molar-refractivity contribution is 5.94. The fourth-order valence-corrected chi connectivity index (χ4v) is 3.63. The van der Waals surface area contributed by atoms with Crippen LogP contribution in [0.1, 0.15) is 28.8 Å². The highest BCUT2D eigenvalue weighted by Crippen LogP contribution is 2.26. The molecule has 0 spiro atoms. The lowest BCUT2D eigenvalue weighted by molar-refractivity contribution is -0.0956. The van der Waals surface area contributed by atoms with Crippen molar-refractivity contribution in [2.24, 2.45) is 5.92 Å². The third-order valence-electron chi connectivity index (χ3n) is 5.21. The van der Waals surface area contributed by atoms with Crippen molar-refractivity contribution >= 4 is 5.91 Å². The minimum absolute atomic E-state index is 0.0776. The van der Waals surface area contributed by atoms with E-state index in [9.17, 15) is 4.79 Å². The molecule has 2 aromatic carbocycles. The Morgan fingerprint density at radius 2 is 1.63 bits per heavy atom. The quantitative estimate of drug-likeness (QED) is 0.812. The molecule has 5 heteroatoms. The number of amides is 1. The van der Waals surface area contributed by atoms with Crippen LogP contribution in [0.3, 0.4) is 0 Å². The maximum Gasteiger partial charge on any atom is 0.253 e. The molecule has 2 aliphatic heterocycles. The number of benzene rings is 2. The predicted octanol–water partition coefficient (Wildman–Crippen LogP) is 3.49. The standard InChI is InChI=1S/C22H25NO4/c24-21(23-12-10-19(11-13-23)22-25-14-15-26-22)18-8-6-17(7-9-18)16-27-20-4-2-1-3-5-20/h1-9,19,22H,10-16H2. The van der Waals surface area contributed by atoms with E-state index in [-0.39, 0.29) is 12.2 Å². The van der Waals surface area contributed by atoms with Crippen molar-refractivity contribution in [3.05, 3.63) is 65.7 Å². The van der Waals surface area contributed by atoms with E-state index >= 15 is 0 Å². The first-order chi connectivity index (χ1) is 13.3. The van der Waals surface area contributed by atoms with Gasteiger partial charge in [-0.25, -0.2) is 0 Å². The van der Waals surface area contributed by atoms with Crippen LogP contribution in [-0.2, 0) is 16.1 Å². The third-order valence-corrected chi connectivity index (χ3v) is 5.21. The van der Waals surface area contributed by atoms with Gasteiger partial charge in [0.25, 0.3) is 5.91 Å². The van der Waals surface area contributed by atoms with Gasteiger partial charge in [-0.1, -0.05) is 30.3 Å². The molecule has 2 heterocycles. The van der Waals surface area contributed by atoms with Crippen molar-refractivity contribution in [2.75, 3.05) is 26.3 Å². The van der Waals surface area contributed by atoms with E-state index < -0.39 is 0 Å². The van der Waals surface area contributed by atoms with E-state index in [4.69, 9.17) is 14.2 Å². The molecule has 0 aliphatic carbocycles. The van der Waals surface area contributed by atoms with Crippen molar-refractivity contribution in [2.45, 2.75) is 25.7 Å². The van der Waals surface area contributed by atoms with Gasteiger partial charge in [0.15, 0.2) is 6.29 Å². The summed E-state index contributed by atoms with van der Waals surface area (Å²) in [6, 6.07) is 17.4. The van der Waals surface area contributed by atoms with E-state index in [0.717, 1.165) is 42.8 Å². The van der Waals surface area contributed by atoms with Gasteiger partial charge >= 0.3 is 0 Å². The summed E-state index contributed by atoms with van der Waals surface area (Å²) in [6.45, 7) is 3.37. The van der Waals surface area contributed by atoms with Crippen LogP contribution in [0, 0.1) is 5.92 Å². The van der Waals surface area contributed by atoms with Gasteiger partial charge in [0, 0.05) is 24.6 Å². The molecular formula is C22H25NO4. The van der Waals surface area contributed by atoms with Crippen LogP contribution < -0.4 is 4.74 Å². The van der Waals surface area contributed by atoms with Crippen LogP contribution in [-0.4, -0.2) is 43.4 Å². The van der Waals surface area contributed by atoms with Gasteiger partial charge in [-0.15, -0.1) is 0 Å². The summed E-state index contributed by atoms with van der Waals surface area (Å²) in [5.74, 6) is 1.34. The zero-order valence-electron chi connectivity index (χ0n) is 15.4. The molecule has 0 radical (unpaired) electrons. The van der Waals surface area contributed by atoms with Crippen LogP contribution in [0.25, 0.3) is 0 Å². The smallest absolute Gasteiger partial charge is 0.253 e. The Morgan fingerprint density at radius 3 is 2.30 bits per heavy atom. The van der Waals surface area contributed by atoms with E-state index in [0.29, 0.717) is 25.7 Å². The summed E-state index contributed by atoms with van der Waals surface area (Å²) >= 11 is 0. The lowest BCUT2D eigenvalue weighted by Gasteiger charge is -2.33. The molecule has 0 saturated carbocycles. The number of carbonyl (C=O) groups is 1. The normalized spacial score (nSPS) is 18.6. The van der Waals surface area contributed by atoms with Gasteiger partial charge in [0.05, 0.1) is 13.2 Å². The topological polar surface area (TPSA) is 48.0 Å². The molecule has 0 aromatic heterocycles. The van der Waals surface area contributed by atoms with E-state index in [2.05, 4.69) is 0 Å². The Kier molecular flexibility index (Phi) is 5.70. The first-order valence-corrected chi connectivity index (χ1v) is 9.59. The fourth-order valence-electron chi connectivity index (χ4n) is 3.63. The summed E-state index contributed by atoms with van der Waals surface area (Å²) in [5, 5.41) is 0. The van der Waals surface area contributed by atoms with E-state index in [1.165, 1.54) is 0 Å². The second-order valence-corrected chi connectivity index (χ2v) is 7.04.